The predicted octanol–water partition coefficient (Wildman–Crippen LogP) is 5.12. The molecule has 0 spiro atoms. The van der Waals surface area contributed by atoms with Gasteiger partial charge in [0.25, 0.3) is 5.91 Å². The van der Waals surface area contributed by atoms with Gasteiger partial charge in [-0.3, -0.25) is 9.20 Å². The third-order valence-corrected chi connectivity index (χ3v) is 6.67. The number of hydrogen-bond donors (Lipinski definition) is 2. The first-order valence-electron chi connectivity index (χ1n) is 10.3. The third-order valence-electron chi connectivity index (χ3n) is 5.82. The Labute approximate surface area is 185 Å². The van der Waals surface area contributed by atoms with Gasteiger partial charge in [-0.1, -0.05) is 18.2 Å². The zero-order valence-corrected chi connectivity index (χ0v) is 17.7. The summed E-state index contributed by atoms with van der Waals surface area (Å²) in [6.07, 6.45) is 1.46. The van der Waals surface area contributed by atoms with Crippen LogP contribution in [0.1, 0.15) is 41.7 Å². The Morgan fingerprint density at radius 1 is 1.06 bits per heavy atom. The van der Waals surface area contributed by atoms with Crippen molar-refractivity contribution in [2.24, 2.45) is 0 Å². The number of carbonyl (C=O) groups is 1. The summed E-state index contributed by atoms with van der Waals surface area (Å²) < 4.78 is 45.5. The molecular weight excluding hydrogens is 439 g/mol. The number of amides is 1. The van der Waals surface area contributed by atoms with E-state index in [1.165, 1.54) is 15.9 Å². The van der Waals surface area contributed by atoms with Crippen LogP contribution in [0.2, 0.25) is 0 Å². The van der Waals surface area contributed by atoms with Crippen LogP contribution in [-0.2, 0) is 6.18 Å². The van der Waals surface area contributed by atoms with Crippen molar-refractivity contribution in [2.45, 2.75) is 43.9 Å². The maximum Gasteiger partial charge on any atom is 0.434 e. The van der Waals surface area contributed by atoms with Crippen LogP contribution in [0.3, 0.4) is 0 Å². The molecule has 3 heterocycles. The Bertz CT molecular complexity index is 1270. The monoisotopic (exact) mass is 459 g/mol. The predicted molar refractivity (Wildman–Crippen MR) is 117 cm³/mol. The number of benzene rings is 1. The third kappa shape index (κ3) is 4.02. The lowest BCUT2D eigenvalue weighted by molar-refractivity contribution is -0.140. The van der Waals surface area contributed by atoms with Gasteiger partial charge in [0.1, 0.15) is 11.5 Å². The second-order valence-electron chi connectivity index (χ2n) is 7.98. The molecule has 32 heavy (non-hydrogen) atoms. The van der Waals surface area contributed by atoms with Gasteiger partial charge in [0.05, 0.1) is 10.3 Å². The zero-order valence-electron chi connectivity index (χ0n) is 16.9. The number of carbonyl (C=O) groups excluding carboxylic acids is 1. The van der Waals surface area contributed by atoms with E-state index in [0.29, 0.717) is 11.4 Å². The summed E-state index contributed by atoms with van der Waals surface area (Å²) in [4.78, 5) is 16.5. The van der Waals surface area contributed by atoms with E-state index in [1.54, 1.807) is 24.4 Å². The number of aromatic nitrogens is 3. The molecule has 0 saturated heterocycles. The van der Waals surface area contributed by atoms with E-state index in [0.717, 1.165) is 42.0 Å². The van der Waals surface area contributed by atoms with Crippen molar-refractivity contribution in [1.29, 1.82) is 0 Å². The number of pyridine rings is 1. The smallest absolute Gasteiger partial charge is 0.368 e. The average Bonchev–Trinajstić information content (AvgIpc) is 3.42. The molecule has 0 unspecified atom stereocenters. The highest BCUT2D eigenvalue weighted by molar-refractivity contribution is 7.13. The lowest BCUT2D eigenvalue weighted by Gasteiger charge is -2.30. The number of rotatable bonds is 4. The van der Waals surface area contributed by atoms with Gasteiger partial charge < -0.3 is 10.6 Å². The SMILES string of the molecule is O=C(NC1CCC(Nc2cccc3nc(C(F)(F)F)cn23)CC1)c1cccc2cnsc12. The number of nitrogens with zero attached hydrogens (tertiary/aromatic N) is 3. The quantitative estimate of drug-likeness (QED) is 0.445. The molecule has 1 amide bonds. The van der Waals surface area contributed by atoms with Crippen LogP contribution in [0.5, 0.6) is 0 Å². The lowest BCUT2D eigenvalue weighted by Crippen LogP contribution is -2.40. The molecule has 10 heteroatoms. The summed E-state index contributed by atoms with van der Waals surface area (Å²) >= 11 is 1.31. The van der Waals surface area contributed by atoms with Gasteiger partial charge in [-0.2, -0.15) is 17.5 Å². The fourth-order valence-corrected chi connectivity index (χ4v) is 4.95. The first-order chi connectivity index (χ1) is 15.4. The second kappa shape index (κ2) is 8.09. The minimum Gasteiger partial charge on any atom is -0.368 e. The summed E-state index contributed by atoms with van der Waals surface area (Å²) in [5, 5.41) is 7.43. The molecule has 3 aromatic heterocycles. The topological polar surface area (TPSA) is 71.3 Å². The van der Waals surface area contributed by atoms with Crippen molar-refractivity contribution in [3.63, 3.8) is 0 Å². The molecule has 1 aliphatic rings. The fraction of sp³-hybridized carbons (Fsp3) is 0.318. The number of alkyl halides is 3. The first-order valence-corrected chi connectivity index (χ1v) is 11.1. The van der Waals surface area contributed by atoms with Gasteiger partial charge in [-0.25, -0.2) is 4.98 Å². The van der Waals surface area contributed by atoms with Crippen molar-refractivity contribution in [2.75, 3.05) is 5.32 Å². The average molecular weight is 459 g/mol. The molecular formula is C22H20F3N5OS. The summed E-state index contributed by atoms with van der Waals surface area (Å²) in [7, 11) is 0. The summed E-state index contributed by atoms with van der Waals surface area (Å²) in [5.74, 6) is 0.481. The standard InChI is InChI=1S/C22H20F3N5OS/c23-22(24,25)17-12-30-18(5-2-6-19(30)29-17)27-14-7-9-15(10-8-14)28-21(31)16-4-1-3-13-11-26-32-20(13)16/h1-6,11-12,14-15,27H,7-10H2,(H,28,31). The Hall–Kier alpha value is -3.14. The number of halogens is 3. The number of hydrogen-bond acceptors (Lipinski definition) is 5. The second-order valence-corrected chi connectivity index (χ2v) is 8.78. The first kappa shape index (κ1) is 20.7. The lowest BCUT2D eigenvalue weighted by atomic mass is 9.91. The summed E-state index contributed by atoms with van der Waals surface area (Å²) in [6, 6.07) is 10.8. The maximum atomic E-state index is 13.0. The van der Waals surface area contributed by atoms with E-state index in [4.69, 9.17) is 0 Å². The molecule has 2 N–H and O–H groups in total. The summed E-state index contributed by atoms with van der Waals surface area (Å²) in [5.41, 5.74) is -0.0212. The van der Waals surface area contributed by atoms with Gasteiger partial charge in [0.15, 0.2) is 5.69 Å². The van der Waals surface area contributed by atoms with Crippen LogP contribution < -0.4 is 10.6 Å². The number of nitrogens with one attached hydrogen (secondary N) is 2. The Balaban J connectivity index is 1.22. The molecule has 4 aromatic rings. The van der Waals surface area contributed by atoms with Gasteiger partial charge >= 0.3 is 6.18 Å². The van der Waals surface area contributed by atoms with E-state index >= 15 is 0 Å². The van der Waals surface area contributed by atoms with Gasteiger partial charge in [-0.15, -0.1) is 0 Å². The van der Waals surface area contributed by atoms with Gasteiger partial charge in [-0.05, 0) is 55.4 Å². The van der Waals surface area contributed by atoms with E-state index in [9.17, 15) is 18.0 Å². The van der Waals surface area contributed by atoms with Crippen molar-refractivity contribution in [3.8, 4) is 0 Å². The van der Waals surface area contributed by atoms with E-state index in [1.807, 2.05) is 18.2 Å². The fourth-order valence-electron chi connectivity index (χ4n) is 4.19. The van der Waals surface area contributed by atoms with E-state index in [-0.39, 0.29) is 23.6 Å². The minimum atomic E-state index is -4.48. The summed E-state index contributed by atoms with van der Waals surface area (Å²) in [6.45, 7) is 0. The number of imidazole rings is 1. The van der Waals surface area contributed by atoms with Gasteiger partial charge in [0.2, 0.25) is 0 Å². The minimum absolute atomic E-state index is 0.0598. The molecule has 0 aliphatic heterocycles. The highest BCUT2D eigenvalue weighted by atomic mass is 32.1. The molecule has 0 radical (unpaired) electrons. The Kier molecular flexibility index (Phi) is 5.24. The molecule has 1 fully saturated rings. The highest BCUT2D eigenvalue weighted by Crippen LogP contribution is 2.30. The zero-order chi connectivity index (χ0) is 22.3. The number of fused-ring (bicyclic) bond motifs is 2. The van der Waals surface area contributed by atoms with Crippen molar-refractivity contribution in [1.82, 2.24) is 19.1 Å². The van der Waals surface area contributed by atoms with Crippen LogP contribution in [0.4, 0.5) is 19.0 Å². The van der Waals surface area contributed by atoms with Crippen molar-refractivity contribution < 1.29 is 18.0 Å². The molecule has 0 bridgehead atoms. The molecule has 0 atom stereocenters. The van der Waals surface area contributed by atoms with E-state index in [2.05, 4.69) is 20.0 Å². The maximum absolute atomic E-state index is 13.0. The van der Waals surface area contributed by atoms with Crippen LogP contribution >= 0.6 is 11.5 Å². The molecule has 6 nitrogen and oxygen atoms in total. The Morgan fingerprint density at radius 3 is 2.59 bits per heavy atom. The van der Waals surface area contributed by atoms with Crippen molar-refractivity contribution in [3.05, 3.63) is 60.0 Å². The highest BCUT2D eigenvalue weighted by Gasteiger charge is 2.34. The molecule has 5 rings (SSSR count). The Morgan fingerprint density at radius 2 is 1.81 bits per heavy atom. The molecule has 1 saturated carbocycles. The largest absolute Gasteiger partial charge is 0.434 e. The van der Waals surface area contributed by atoms with Gasteiger partial charge in [0, 0.05) is 29.9 Å². The molecule has 1 aromatic carbocycles. The van der Waals surface area contributed by atoms with Crippen LogP contribution in [0, 0.1) is 0 Å². The van der Waals surface area contributed by atoms with Crippen molar-refractivity contribution >= 4 is 39.0 Å². The van der Waals surface area contributed by atoms with Crippen LogP contribution in [0.15, 0.2) is 48.8 Å². The van der Waals surface area contributed by atoms with E-state index < -0.39 is 11.9 Å². The molecule has 166 valence electrons. The van der Waals surface area contributed by atoms with Crippen LogP contribution in [-0.4, -0.2) is 31.7 Å². The molecule has 1 aliphatic carbocycles. The number of anilines is 1. The normalized spacial score (nSPS) is 19.3. The van der Waals surface area contributed by atoms with Crippen LogP contribution in [0.25, 0.3) is 15.7 Å².